The van der Waals surface area contributed by atoms with E-state index >= 15 is 0 Å². The number of rotatable bonds is 3. The number of hydrogen-bond acceptors (Lipinski definition) is 3. The van der Waals surface area contributed by atoms with Gasteiger partial charge in [0.25, 0.3) is 0 Å². The fraction of sp³-hybridized carbons (Fsp3) is 0.143. The lowest BCUT2D eigenvalue weighted by Gasteiger charge is -2.27. The summed E-state index contributed by atoms with van der Waals surface area (Å²) >= 11 is 5.91. The maximum Gasteiger partial charge on any atom is 0.159 e. The van der Waals surface area contributed by atoms with Crippen LogP contribution in [0.15, 0.2) is 48.5 Å². The summed E-state index contributed by atoms with van der Waals surface area (Å²) in [6, 6.07) is 14.4. The van der Waals surface area contributed by atoms with Gasteiger partial charge in [-0.15, -0.1) is 0 Å². The van der Waals surface area contributed by atoms with Crippen molar-refractivity contribution in [3.05, 3.63) is 59.1 Å². The van der Waals surface area contributed by atoms with Gasteiger partial charge in [-0.2, -0.15) is 0 Å². The van der Waals surface area contributed by atoms with Crippen LogP contribution in [0.5, 0.6) is 0 Å². The fourth-order valence-corrected chi connectivity index (χ4v) is 1.91. The molecule has 0 saturated heterocycles. The van der Waals surface area contributed by atoms with Crippen LogP contribution in [0.3, 0.4) is 0 Å². The minimum absolute atomic E-state index is 0.538. The summed E-state index contributed by atoms with van der Waals surface area (Å²) in [5.41, 5.74) is 6.53. The maximum atomic E-state index is 10.4. The quantitative estimate of drug-likeness (QED) is 0.588. The maximum absolute atomic E-state index is 10.4. The van der Waals surface area contributed by atoms with E-state index in [1.54, 1.807) is 25.1 Å². The molecular formula is C14H15ClN2O. The highest BCUT2D eigenvalue weighted by Crippen LogP contribution is 2.29. The summed E-state index contributed by atoms with van der Waals surface area (Å²) < 4.78 is 0. The van der Waals surface area contributed by atoms with Gasteiger partial charge in [-0.1, -0.05) is 41.9 Å². The highest BCUT2D eigenvalue weighted by atomic mass is 35.5. The number of hydrogen-bond donors (Lipinski definition) is 3. The molecule has 0 aliphatic carbocycles. The van der Waals surface area contributed by atoms with E-state index in [0.29, 0.717) is 16.4 Å². The molecule has 0 saturated carbocycles. The first-order valence-electron chi connectivity index (χ1n) is 5.60. The Morgan fingerprint density at radius 2 is 1.83 bits per heavy atom. The van der Waals surface area contributed by atoms with E-state index in [-0.39, 0.29) is 0 Å². The number of anilines is 2. The molecule has 1 unspecified atom stereocenters. The largest absolute Gasteiger partial charge is 0.397 e. The topological polar surface area (TPSA) is 58.3 Å². The number of nitrogens with two attached hydrogens (primary N) is 1. The van der Waals surface area contributed by atoms with E-state index in [9.17, 15) is 5.11 Å². The Hall–Kier alpha value is -1.71. The van der Waals surface area contributed by atoms with Crippen molar-refractivity contribution in [2.45, 2.75) is 12.6 Å². The number of benzene rings is 2. The van der Waals surface area contributed by atoms with Crippen molar-refractivity contribution >= 4 is 23.0 Å². The van der Waals surface area contributed by atoms with Crippen LogP contribution < -0.4 is 11.1 Å². The first-order chi connectivity index (χ1) is 8.49. The Labute approximate surface area is 111 Å². The van der Waals surface area contributed by atoms with E-state index in [4.69, 9.17) is 17.3 Å². The van der Waals surface area contributed by atoms with Gasteiger partial charge in [0.15, 0.2) is 5.72 Å². The second-order valence-corrected chi connectivity index (χ2v) is 4.73. The molecule has 2 aromatic carbocycles. The second-order valence-electron chi connectivity index (χ2n) is 4.29. The molecule has 4 N–H and O–H groups in total. The van der Waals surface area contributed by atoms with E-state index in [2.05, 4.69) is 5.32 Å². The van der Waals surface area contributed by atoms with Crippen LogP contribution in [0.4, 0.5) is 11.4 Å². The predicted molar refractivity (Wildman–Crippen MR) is 75.5 cm³/mol. The monoisotopic (exact) mass is 262 g/mol. The number of nitrogens with one attached hydrogen (secondary N) is 1. The van der Waals surface area contributed by atoms with Crippen LogP contribution in [0.2, 0.25) is 5.02 Å². The third-order valence-electron chi connectivity index (χ3n) is 2.73. The highest BCUT2D eigenvalue weighted by molar-refractivity contribution is 6.31. The van der Waals surface area contributed by atoms with E-state index in [1.165, 1.54) is 0 Å². The molecule has 4 heteroatoms. The van der Waals surface area contributed by atoms with Crippen molar-refractivity contribution in [2.75, 3.05) is 11.1 Å². The molecule has 2 aromatic rings. The summed E-state index contributed by atoms with van der Waals surface area (Å²) in [7, 11) is 0. The number of aliphatic hydroxyl groups is 1. The molecular weight excluding hydrogens is 248 g/mol. The lowest BCUT2D eigenvalue weighted by atomic mass is 10.0. The molecule has 3 nitrogen and oxygen atoms in total. The van der Waals surface area contributed by atoms with Crippen molar-refractivity contribution in [3.8, 4) is 0 Å². The minimum atomic E-state index is -1.21. The van der Waals surface area contributed by atoms with Gasteiger partial charge in [-0.05, 0) is 25.1 Å². The molecule has 2 rings (SSSR count). The molecule has 0 aliphatic rings. The first kappa shape index (κ1) is 12.7. The number of nitrogen functional groups attached to an aromatic ring is 1. The van der Waals surface area contributed by atoms with Crippen LogP contribution >= 0.6 is 11.6 Å². The third-order valence-corrected chi connectivity index (χ3v) is 2.96. The zero-order valence-corrected chi connectivity index (χ0v) is 10.8. The molecule has 94 valence electrons. The molecule has 0 aromatic heterocycles. The lowest BCUT2D eigenvalue weighted by molar-refractivity contribution is 0.0889. The van der Waals surface area contributed by atoms with Gasteiger partial charge in [0.1, 0.15) is 0 Å². The Morgan fingerprint density at radius 3 is 2.50 bits per heavy atom. The fourth-order valence-electron chi connectivity index (χ4n) is 1.73. The molecule has 0 heterocycles. The van der Waals surface area contributed by atoms with Crippen LogP contribution in [0.1, 0.15) is 12.5 Å². The average Bonchev–Trinajstić information content (AvgIpc) is 2.35. The van der Waals surface area contributed by atoms with Crippen LogP contribution in [0.25, 0.3) is 0 Å². The Morgan fingerprint density at radius 1 is 1.17 bits per heavy atom. The number of halogens is 1. The molecule has 0 radical (unpaired) electrons. The van der Waals surface area contributed by atoms with Gasteiger partial charge in [0.2, 0.25) is 0 Å². The predicted octanol–water partition coefficient (Wildman–Crippen LogP) is 3.20. The summed E-state index contributed by atoms with van der Waals surface area (Å²) in [5, 5.41) is 14.0. The van der Waals surface area contributed by atoms with Crippen molar-refractivity contribution in [1.82, 2.24) is 0 Å². The zero-order chi connectivity index (χ0) is 13.2. The van der Waals surface area contributed by atoms with Gasteiger partial charge in [0, 0.05) is 10.6 Å². The first-order valence-corrected chi connectivity index (χ1v) is 5.98. The Bertz CT molecular complexity index is 541. The Balaban J connectivity index is 2.30. The second kappa shape index (κ2) is 4.88. The average molecular weight is 263 g/mol. The third kappa shape index (κ3) is 2.75. The van der Waals surface area contributed by atoms with Gasteiger partial charge in [-0.3, -0.25) is 0 Å². The highest BCUT2D eigenvalue weighted by Gasteiger charge is 2.23. The van der Waals surface area contributed by atoms with Crippen molar-refractivity contribution in [2.24, 2.45) is 0 Å². The summed E-state index contributed by atoms with van der Waals surface area (Å²) in [4.78, 5) is 0. The van der Waals surface area contributed by atoms with Gasteiger partial charge in [0.05, 0.1) is 11.4 Å². The molecule has 0 bridgehead atoms. The minimum Gasteiger partial charge on any atom is -0.397 e. The van der Waals surface area contributed by atoms with Crippen molar-refractivity contribution < 1.29 is 5.11 Å². The molecule has 18 heavy (non-hydrogen) atoms. The smallest absolute Gasteiger partial charge is 0.159 e. The van der Waals surface area contributed by atoms with E-state index in [1.807, 2.05) is 30.3 Å². The van der Waals surface area contributed by atoms with Crippen LogP contribution in [-0.2, 0) is 5.72 Å². The van der Waals surface area contributed by atoms with Crippen molar-refractivity contribution in [3.63, 3.8) is 0 Å². The SMILES string of the molecule is CC(O)(Nc1cc(Cl)ccc1N)c1ccccc1. The van der Waals surface area contributed by atoms with Gasteiger partial charge >= 0.3 is 0 Å². The molecule has 1 atom stereocenters. The van der Waals surface area contributed by atoms with Gasteiger partial charge in [-0.25, -0.2) is 0 Å². The lowest BCUT2D eigenvalue weighted by Crippen LogP contribution is -2.31. The van der Waals surface area contributed by atoms with Crippen molar-refractivity contribution in [1.29, 1.82) is 0 Å². The van der Waals surface area contributed by atoms with Gasteiger partial charge < -0.3 is 16.2 Å². The summed E-state index contributed by atoms with van der Waals surface area (Å²) in [6.07, 6.45) is 0. The molecule has 0 spiro atoms. The molecule has 0 amide bonds. The normalized spacial score (nSPS) is 13.9. The standard InChI is InChI=1S/C14H15ClN2O/c1-14(18,10-5-3-2-4-6-10)17-13-9-11(15)7-8-12(13)16/h2-9,17-18H,16H2,1H3. The van der Waals surface area contributed by atoms with Crippen LogP contribution in [0, 0.1) is 0 Å². The molecule has 0 aliphatic heterocycles. The zero-order valence-electron chi connectivity index (χ0n) is 10.0. The van der Waals surface area contributed by atoms with E-state index in [0.717, 1.165) is 5.56 Å². The summed E-state index contributed by atoms with van der Waals surface area (Å²) in [6.45, 7) is 1.67. The summed E-state index contributed by atoms with van der Waals surface area (Å²) in [5.74, 6) is 0. The Kier molecular flexibility index (Phi) is 3.45. The van der Waals surface area contributed by atoms with E-state index < -0.39 is 5.72 Å². The van der Waals surface area contributed by atoms with Crippen LogP contribution in [-0.4, -0.2) is 5.11 Å². The molecule has 0 fully saturated rings.